The van der Waals surface area contributed by atoms with Gasteiger partial charge in [0.15, 0.2) is 11.5 Å². The molecule has 136 valence electrons. The molecule has 2 unspecified atom stereocenters. The minimum Gasteiger partial charge on any atom is -0.486 e. The molecule has 2 aliphatic rings. The molecule has 0 aromatic heterocycles. The maximum absolute atomic E-state index is 12.4. The standard InChI is InChI=1S/C20H17N3O4/c21-11-12-2-1-3-13(8-12)22-19(24)15-10-16(15)20(25)23-14-4-5-17-18(9-14)27-7-6-26-17/h1-5,8-9,15-16H,6-7,10H2,(H,22,24)(H,23,25). The number of ether oxygens (including phenoxy) is 2. The maximum Gasteiger partial charge on any atom is 0.228 e. The van der Waals surface area contributed by atoms with Gasteiger partial charge >= 0.3 is 0 Å². The molecule has 2 amide bonds. The van der Waals surface area contributed by atoms with Crippen LogP contribution < -0.4 is 20.1 Å². The number of hydrogen-bond acceptors (Lipinski definition) is 5. The fourth-order valence-corrected chi connectivity index (χ4v) is 3.03. The number of benzene rings is 2. The van der Waals surface area contributed by atoms with Gasteiger partial charge in [0, 0.05) is 17.4 Å². The first-order valence-corrected chi connectivity index (χ1v) is 8.65. The Morgan fingerprint density at radius 1 is 0.926 bits per heavy atom. The highest BCUT2D eigenvalue weighted by Crippen LogP contribution is 2.41. The lowest BCUT2D eigenvalue weighted by Gasteiger charge is -2.19. The zero-order valence-corrected chi connectivity index (χ0v) is 14.4. The fraction of sp³-hybridized carbons (Fsp3) is 0.250. The van der Waals surface area contributed by atoms with Crippen LogP contribution in [0.1, 0.15) is 12.0 Å². The Morgan fingerprint density at radius 3 is 2.30 bits per heavy atom. The number of rotatable bonds is 4. The van der Waals surface area contributed by atoms with Gasteiger partial charge in [0.2, 0.25) is 11.8 Å². The summed E-state index contributed by atoms with van der Waals surface area (Å²) in [6, 6.07) is 13.9. The number of carbonyl (C=O) groups is 2. The maximum atomic E-state index is 12.4. The smallest absolute Gasteiger partial charge is 0.228 e. The molecule has 2 aromatic carbocycles. The average molecular weight is 363 g/mol. The van der Waals surface area contributed by atoms with E-state index in [4.69, 9.17) is 14.7 Å². The van der Waals surface area contributed by atoms with E-state index in [1.54, 1.807) is 42.5 Å². The predicted octanol–water partition coefficient (Wildman–Crippen LogP) is 2.54. The lowest BCUT2D eigenvalue weighted by atomic mass is 10.2. The van der Waals surface area contributed by atoms with Gasteiger partial charge in [-0.15, -0.1) is 0 Å². The van der Waals surface area contributed by atoms with Gasteiger partial charge in [0.05, 0.1) is 23.5 Å². The molecule has 1 aliphatic heterocycles. The average Bonchev–Trinajstić information content (AvgIpc) is 3.49. The molecule has 0 spiro atoms. The van der Waals surface area contributed by atoms with Crippen LogP contribution in [0.15, 0.2) is 42.5 Å². The number of hydrogen-bond donors (Lipinski definition) is 2. The molecule has 1 fully saturated rings. The first-order chi connectivity index (χ1) is 13.1. The van der Waals surface area contributed by atoms with Crippen LogP contribution in [0.25, 0.3) is 0 Å². The number of nitriles is 1. The van der Waals surface area contributed by atoms with E-state index in [1.807, 2.05) is 6.07 Å². The molecule has 2 atom stereocenters. The van der Waals surface area contributed by atoms with E-state index in [0.29, 0.717) is 48.1 Å². The summed E-state index contributed by atoms with van der Waals surface area (Å²) in [5, 5.41) is 14.5. The van der Waals surface area contributed by atoms with Gasteiger partial charge in [-0.2, -0.15) is 5.26 Å². The second kappa shape index (κ2) is 7.00. The van der Waals surface area contributed by atoms with Crippen molar-refractivity contribution in [1.29, 1.82) is 5.26 Å². The summed E-state index contributed by atoms with van der Waals surface area (Å²) >= 11 is 0. The Labute approximate surface area is 155 Å². The van der Waals surface area contributed by atoms with Crippen molar-refractivity contribution in [2.75, 3.05) is 23.8 Å². The van der Waals surface area contributed by atoms with Crippen LogP contribution in [-0.2, 0) is 9.59 Å². The van der Waals surface area contributed by atoms with Crippen molar-refractivity contribution in [3.8, 4) is 17.6 Å². The zero-order chi connectivity index (χ0) is 18.8. The Kier molecular flexibility index (Phi) is 4.38. The molecule has 0 bridgehead atoms. The van der Waals surface area contributed by atoms with Crippen molar-refractivity contribution in [3.63, 3.8) is 0 Å². The van der Waals surface area contributed by atoms with E-state index in [1.165, 1.54) is 0 Å². The van der Waals surface area contributed by atoms with E-state index < -0.39 is 0 Å². The van der Waals surface area contributed by atoms with Crippen molar-refractivity contribution in [1.82, 2.24) is 0 Å². The number of carbonyl (C=O) groups excluding carboxylic acids is 2. The second-order valence-corrected chi connectivity index (χ2v) is 6.48. The molecule has 0 radical (unpaired) electrons. The topological polar surface area (TPSA) is 100 Å². The highest BCUT2D eigenvalue weighted by Gasteiger charge is 2.48. The monoisotopic (exact) mass is 363 g/mol. The molecule has 1 saturated carbocycles. The number of nitrogens with zero attached hydrogens (tertiary/aromatic N) is 1. The highest BCUT2D eigenvalue weighted by atomic mass is 16.6. The molecular weight excluding hydrogens is 346 g/mol. The third-order valence-corrected chi connectivity index (χ3v) is 4.53. The van der Waals surface area contributed by atoms with Crippen LogP contribution in [-0.4, -0.2) is 25.0 Å². The van der Waals surface area contributed by atoms with Gasteiger partial charge in [-0.1, -0.05) is 6.07 Å². The third kappa shape index (κ3) is 3.70. The number of anilines is 2. The van der Waals surface area contributed by atoms with E-state index in [9.17, 15) is 9.59 Å². The van der Waals surface area contributed by atoms with Crippen LogP contribution >= 0.6 is 0 Å². The summed E-state index contributed by atoms with van der Waals surface area (Å²) < 4.78 is 11.0. The van der Waals surface area contributed by atoms with Gasteiger partial charge in [-0.25, -0.2) is 0 Å². The summed E-state index contributed by atoms with van der Waals surface area (Å²) in [6.45, 7) is 0.983. The minimum absolute atomic E-state index is 0.197. The Hall–Kier alpha value is -3.53. The summed E-state index contributed by atoms with van der Waals surface area (Å²) in [4.78, 5) is 24.7. The lowest BCUT2D eigenvalue weighted by Crippen LogP contribution is -2.21. The van der Waals surface area contributed by atoms with Crippen LogP contribution in [0, 0.1) is 23.2 Å². The van der Waals surface area contributed by atoms with E-state index in [2.05, 4.69) is 10.6 Å². The Balaban J connectivity index is 1.34. The van der Waals surface area contributed by atoms with Crippen LogP contribution in [0.2, 0.25) is 0 Å². The van der Waals surface area contributed by atoms with E-state index >= 15 is 0 Å². The molecule has 0 saturated heterocycles. The molecule has 1 aliphatic carbocycles. The zero-order valence-electron chi connectivity index (χ0n) is 14.4. The number of amides is 2. The molecule has 7 nitrogen and oxygen atoms in total. The molecule has 2 N–H and O–H groups in total. The molecule has 4 rings (SSSR count). The summed E-state index contributed by atoms with van der Waals surface area (Å²) in [5.41, 5.74) is 1.63. The van der Waals surface area contributed by atoms with Crippen LogP contribution in [0.5, 0.6) is 11.5 Å². The lowest BCUT2D eigenvalue weighted by molar-refractivity contribution is -0.122. The van der Waals surface area contributed by atoms with Crippen LogP contribution in [0.3, 0.4) is 0 Å². The van der Waals surface area contributed by atoms with Crippen molar-refractivity contribution < 1.29 is 19.1 Å². The Morgan fingerprint density at radius 2 is 1.59 bits per heavy atom. The summed E-state index contributed by atoms with van der Waals surface area (Å²) in [6.07, 6.45) is 0.500. The van der Waals surface area contributed by atoms with Gasteiger partial charge in [0.25, 0.3) is 0 Å². The largest absolute Gasteiger partial charge is 0.486 e. The highest BCUT2D eigenvalue weighted by molar-refractivity contribution is 6.03. The van der Waals surface area contributed by atoms with Gasteiger partial charge in [-0.3, -0.25) is 9.59 Å². The summed E-state index contributed by atoms with van der Waals surface area (Å²) in [5.74, 6) is 0.111. The second-order valence-electron chi connectivity index (χ2n) is 6.48. The Bertz CT molecular complexity index is 950. The molecule has 7 heteroatoms. The number of fused-ring (bicyclic) bond motifs is 1. The molecular formula is C20H17N3O4. The quantitative estimate of drug-likeness (QED) is 0.869. The normalized spacial score (nSPS) is 19.5. The van der Waals surface area contributed by atoms with Gasteiger partial charge < -0.3 is 20.1 Å². The minimum atomic E-state index is -0.368. The van der Waals surface area contributed by atoms with E-state index in [0.717, 1.165) is 0 Å². The molecule has 2 aromatic rings. The molecule has 27 heavy (non-hydrogen) atoms. The first-order valence-electron chi connectivity index (χ1n) is 8.65. The van der Waals surface area contributed by atoms with Crippen molar-refractivity contribution in [2.45, 2.75) is 6.42 Å². The van der Waals surface area contributed by atoms with Gasteiger partial charge in [0.1, 0.15) is 13.2 Å². The third-order valence-electron chi connectivity index (χ3n) is 4.53. The van der Waals surface area contributed by atoms with E-state index in [-0.39, 0.29) is 23.7 Å². The first kappa shape index (κ1) is 16.9. The number of nitrogens with one attached hydrogen (secondary N) is 2. The fourth-order valence-electron chi connectivity index (χ4n) is 3.03. The SMILES string of the molecule is N#Cc1cccc(NC(=O)C2CC2C(=O)Nc2ccc3c(c2)OCCO3)c1. The summed E-state index contributed by atoms with van der Waals surface area (Å²) in [7, 11) is 0. The van der Waals surface area contributed by atoms with Crippen LogP contribution in [0.4, 0.5) is 11.4 Å². The predicted molar refractivity (Wildman–Crippen MR) is 97.4 cm³/mol. The molecule has 1 heterocycles. The van der Waals surface area contributed by atoms with Crippen molar-refractivity contribution in [3.05, 3.63) is 48.0 Å². The van der Waals surface area contributed by atoms with Crippen molar-refractivity contribution >= 4 is 23.2 Å². The van der Waals surface area contributed by atoms with Crippen molar-refractivity contribution in [2.24, 2.45) is 11.8 Å². The van der Waals surface area contributed by atoms with Gasteiger partial charge in [-0.05, 0) is 36.8 Å².